The van der Waals surface area contributed by atoms with Gasteiger partial charge in [-0.2, -0.15) is 4.52 Å². The smallest absolute Gasteiger partial charge is 0.178 e. The van der Waals surface area contributed by atoms with Crippen LogP contribution >= 0.6 is 0 Å². The molecule has 0 bridgehead atoms. The molecule has 2 saturated carbocycles. The molecule has 2 atom stereocenters. The normalized spacial score (nSPS) is 28.5. The van der Waals surface area contributed by atoms with E-state index in [9.17, 15) is 5.11 Å². The van der Waals surface area contributed by atoms with Crippen LogP contribution in [0.2, 0.25) is 0 Å². The van der Waals surface area contributed by atoms with Crippen molar-refractivity contribution in [3.63, 3.8) is 0 Å². The summed E-state index contributed by atoms with van der Waals surface area (Å²) in [4.78, 5) is 2.50. The minimum absolute atomic E-state index is 0.132. The van der Waals surface area contributed by atoms with E-state index >= 15 is 0 Å². The van der Waals surface area contributed by atoms with E-state index in [1.54, 1.807) is 0 Å². The molecule has 3 aliphatic rings. The van der Waals surface area contributed by atoms with Gasteiger partial charge in [-0.15, -0.1) is 15.3 Å². The average Bonchev–Trinajstić information content (AvgIpc) is 3.42. The number of nitrogens with zero attached hydrogens (tertiary/aromatic N) is 5. The van der Waals surface area contributed by atoms with Crippen molar-refractivity contribution in [1.29, 1.82) is 0 Å². The van der Waals surface area contributed by atoms with Crippen LogP contribution in [0.3, 0.4) is 0 Å². The number of aromatic nitrogens is 4. The predicted molar refractivity (Wildman–Crippen MR) is 99.2 cm³/mol. The molecule has 1 aliphatic heterocycles. The van der Waals surface area contributed by atoms with E-state index in [0.717, 1.165) is 56.1 Å². The Kier molecular flexibility index (Phi) is 4.29. The number of aliphatic hydroxyl groups is 1. The Morgan fingerprint density at radius 2 is 1.77 bits per heavy atom. The molecule has 0 spiro atoms. The highest BCUT2D eigenvalue weighted by molar-refractivity contribution is 5.45. The molecular formula is C19H28N6O. The number of anilines is 1. The van der Waals surface area contributed by atoms with Crippen LogP contribution in [0.25, 0.3) is 5.65 Å². The number of piperidine rings is 1. The lowest BCUT2D eigenvalue weighted by Gasteiger charge is -2.41. The molecule has 0 radical (unpaired) electrons. The van der Waals surface area contributed by atoms with Gasteiger partial charge >= 0.3 is 0 Å². The van der Waals surface area contributed by atoms with Gasteiger partial charge in [0, 0.05) is 31.1 Å². The maximum absolute atomic E-state index is 10.3. The number of rotatable bonds is 4. The topological polar surface area (TPSA) is 78.6 Å². The van der Waals surface area contributed by atoms with Crippen molar-refractivity contribution in [3.8, 4) is 0 Å². The Labute approximate surface area is 153 Å². The summed E-state index contributed by atoms with van der Waals surface area (Å²) in [6, 6.07) is 4.83. The Balaban J connectivity index is 1.22. The third-order valence-electron chi connectivity index (χ3n) is 6.27. The lowest BCUT2D eigenvalue weighted by atomic mass is 9.89. The van der Waals surface area contributed by atoms with E-state index in [4.69, 9.17) is 5.10 Å². The lowest BCUT2D eigenvalue weighted by molar-refractivity contribution is 0.00992. The molecule has 3 heterocycles. The zero-order chi connectivity index (χ0) is 17.5. The molecule has 2 aromatic rings. The molecular weight excluding hydrogens is 328 g/mol. The second-order valence-electron chi connectivity index (χ2n) is 8.19. The highest BCUT2D eigenvalue weighted by Crippen LogP contribution is 2.38. The molecule has 2 aliphatic carbocycles. The summed E-state index contributed by atoms with van der Waals surface area (Å²) >= 11 is 0. The molecule has 1 saturated heterocycles. The fourth-order valence-corrected chi connectivity index (χ4v) is 4.58. The fraction of sp³-hybridized carbons (Fsp3) is 0.737. The van der Waals surface area contributed by atoms with Gasteiger partial charge in [0.1, 0.15) is 5.82 Å². The van der Waals surface area contributed by atoms with E-state index in [-0.39, 0.29) is 6.10 Å². The van der Waals surface area contributed by atoms with Gasteiger partial charge in [0.15, 0.2) is 11.5 Å². The molecule has 7 nitrogen and oxygen atoms in total. The number of hydrogen-bond acceptors (Lipinski definition) is 6. The van der Waals surface area contributed by atoms with Gasteiger partial charge in [0.2, 0.25) is 0 Å². The summed E-state index contributed by atoms with van der Waals surface area (Å²) < 4.78 is 1.91. The molecule has 3 fully saturated rings. The Bertz CT molecular complexity index is 764. The van der Waals surface area contributed by atoms with Gasteiger partial charge in [0.05, 0.1) is 6.10 Å². The lowest BCUT2D eigenvalue weighted by Crippen LogP contribution is -2.50. The largest absolute Gasteiger partial charge is 0.391 e. The predicted octanol–water partition coefficient (Wildman–Crippen LogP) is 2.18. The second kappa shape index (κ2) is 6.78. The van der Waals surface area contributed by atoms with Crippen LogP contribution in [0.4, 0.5) is 5.82 Å². The third-order valence-corrected chi connectivity index (χ3v) is 6.27. The maximum Gasteiger partial charge on any atom is 0.178 e. The number of aliphatic hydroxyl groups excluding tert-OH is 1. The van der Waals surface area contributed by atoms with Gasteiger partial charge < -0.3 is 10.4 Å². The monoisotopic (exact) mass is 356 g/mol. The van der Waals surface area contributed by atoms with Gasteiger partial charge in [-0.05, 0) is 50.7 Å². The summed E-state index contributed by atoms with van der Waals surface area (Å²) in [5, 5.41) is 27.2. The van der Waals surface area contributed by atoms with Crippen LogP contribution in [0.1, 0.15) is 63.1 Å². The fourth-order valence-electron chi connectivity index (χ4n) is 4.58. The minimum atomic E-state index is -0.132. The molecule has 0 aromatic carbocycles. The van der Waals surface area contributed by atoms with Crippen molar-refractivity contribution in [1.82, 2.24) is 24.7 Å². The van der Waals surface area contributed by atoms with Gasteiger partial charge in [-0.3, -0.25) is 4.90 Å². The number of nitrogens with one attached hydrogen (secondary N) is 1. The van der Waals surface area contributed by atoms with Gasteiger partial charge in [-0.1, -0.05) is 12.8 Å². The van der Waals surface area contributed by atoms with Crippen LogP contribution in [-0.2, 0) is 0 Å². The second-order valence-corrected chi connectivity index (χ2v) is 8.19. The first kappa shape index (κ1) is 16.4. The average molecular weight is 356 g/mol. The molecule has 7 heteroatoms. The van der Waals surface area contributed by atoms with Crippen molar-refractivity contribution in [2.75, 3.05) is 18.4 Å². The van der Waals surface area contributed by atoms with Crippen LogP contribution in [0, 0.1) is 0 Å². The number of hydrogen-bond donors (Lipinski definition) is 2. The van der Waals surface area contributed by atoms with Crippen LogP contribution in [0.15, 0.2) is 12.1 Å². The van der Waals surface area contributed by atoms with E-state index in [1.807, 2.05) is 16.6 Å². The van der Waals surface area contributed by atoms with Crippen LogP contribution in [-0.4, -0.2) is 61.1 Å². The minimum Gasteiger partial charge on any atom is -0.391 e. The van der Waals surface area contributed by atoms with Crippen molar-refractivity contribution in [2.24, 2.45) is 0 Å². The van der Waals surface area contributed by atoms with Gasteiger partial charge in [-0.25, -0.2) is 0 Å². The van der Waals surface area contributed by atoms with E-state index < -0.39 is 0 Å². The summed E-state index contributed by atoms with van der Waals surface area (Å²) in [6.07, 6.45) is 9.01. The molecule has 0 amide bonds. The van der Waals surface area contributed by atoms with E-state index in [0.29, 0.717) is 18.0 Å². The molecule has 2 aromatic heterocycles. The summed E-state index contributed by atoms with van der Waals surface area (Å²) in [5.41, 5.74) is 0.832. The van der Waals surface area contributed by atoms with E-state index in [2.05, 4.69) is 20.4 Å². The van der Waals surface area contributed by atoms with Gasteiger partial charge in [0.25, 0.3) is 0 Å². The number of fused-ring (bicyclic) bond motifs is 1. The highest BCUT2D eigenvalue weighted by atomic mass is 16.3. The third kappa shape index (κ3) is 3.18. The summed E-state index contributed by atoms with van der Waals surface area (Å²) in [7, 11) is 0. The Morgan fingerprint density at radius 1 is 0.962 bits per heavy atom. The van der Waals surface area contributed by atoms with Crippen molar-refractivity contribution in [3.05, 3.63) is 18.0 Å². The molecule has 26 heavy (non-hydrogen) atoms. The summed E-state index contributed by atoms with van der Waals surface area (Å²) in [6.45, 7) is 2.11. The Morgan fingerprint density at radius 3 is 2.54 bits per heavy atom. The quantitative estimate of drug-likeness (QED) is 0.874. The zero-order valence-corrected chi connectivity index (χ0v) is 15.2. The molecule has 2 N–H and O–H groups in total. The molecule has 140 valence electrons. The Hall–Kier alpha value is -1.73. The van der Waals surface area contributed by atoms with Crippen LogP contribution < -0.4 is 5.32 Å². The van der Waals surface area contributed by atoms with Crippen molar-refractivity contribution < 1.29 is 5.11 Å². The number of likely N-dealkylation sites (tertiary alicyclic amines) is 1. The van der Waals surface area contributed by atoms with Crippen LogP contribution in [0.5, 0.6) is 0 Å². The first-order valence-corrected chi connectivity index (χ1v) is 10.2. The summed E-state index contributed by atoms with van der Waals surface area (Å²) in [5.74, 6) is 2.46. The van der Waals surface area contributed by atoms with E-state index in [1.165, 1.54) is 25.7 Å². The zero-order valence-electron chi connectivity index (χ0n) is 15.2. The molecule has 5 rings (SSSR count). The first-order valence-electron chi connectivity index (χ1n) is 10.2. The first-order chi connectivity index (χ1) is 12.8. The standard InChI is InChI=1S/C19H28N6O/c26-16-4-2-1-3-15(16)24-11-9-14(10-12-24)20-17-7-8-18-21-22-19(13-5-6-13)25(18)23-17/h7-8,13-16,26H,1-6,9-12H2,(H,20,23). The highest BCUT2D eigenvalue weighted by Gasteiger charge is 2.32. The van der Waals surface area contributed by atoms with Crippen molar-refractivity contribution in [2.45, 2.75) is 75.5 Å². The van der Waals surface area contributed by atoms with Crippen molar-refractivity contribution >= 4 is 11.5 Å². The maximum atomic E-state index is 10.3. The SMILES string of the molecule is OC1CCCCC1N1CCC(Nc2ccc3nnc(C4CC4)n3n2)CC1. The molecule has 2 unspecified atom stereocenters.